The van der Waals surface area contributed by atoms with Crippen LogP contribution in [0.15, 0.2) is 110 Å². The van der Waals surface area contributed by atoms with Gasteiger partial charge in [0, 0.05) is 69.4 Å². The van der Waals surface area contributed by atoms with Crippen LogP contribution in [0, 0.1) is 54.8 Å². The van der Waals surface area contributed by atoms with E-state index in [4.69, 9.17) is 15.8 Å². The highest BCUT2D eigenvalue weighted by atomic mass is 79.9. The average molecular weight is 1140 g/mol. The molecular weight excluding hydrogens is 1090 g/mol. The van der Waals surface area contributed by atoms with Gasteiger partial charge in [-0.25, -0.2) is 26.3 Å². The van der Waals surface area contributed by atoms with Gasteiger partial charge in [-0.1, -0.05) is 22.4 Å². The molecule has 400 valence electrons. The fraction of sp³-hybridized carbons (Fsp3) is 0.237. The molecule has 1 aliphatic rings. The third-order valence-electron chi connectivity index (χ3n) is 13.6. The van der Waals surface area contributed by atoms with Crippen molar-refractivity contribution < 1.29 is 40.7 Å². The van der Waals surface area contributed by atoms with Crippen molar-refractivity contribution in [2.24, 2.45) is 0 Å². The lowest BCUT2D eigenvalue weighted by molar-refractivity contribution is 0.0915. The molecule has 10 rings (SSSR count). The Hall–Kier alpha value is -8.77. The van der Waals surface area contributed by atoms with Crippen molar-refractivity contribution >= 4 is 66.4 Å². The summed E-state index contributed by atoms with van der Waals surface area (Å²) in [5.41, 5.74) is 8.67. The number of fused-ring (bicyclic) bond motifs is 3. The van der Waals surface area contributed by atoms with Crippen LogP contribution in [0.5, 0.6) is 0 Å². The van der Waals surface area contributed by atoms with Crippen molar-refractivity contribution in [3.63, 3.8) is 0 Å². The maximum Gasteiger partial charge on any atom is 0.265 e. The SMILES string of the molecule is CC(=O)c1c(C)n(-c2ccc(C#N)cc2)c2cc(C(F)F)cnc12.Cc1c(C(=O)CBr)c2ncc(C(F)F)cc2n1-c1ccc(C#N)cc1.Cc1c(C(=O)CN2CCCCC2)c2ncc(C(F)F)cc2n1-c1ccc(C#N)cc1. The fourth-order valence-electron chi connectivity index (χ4n) is 9.85. The first-order valence-corrected chi connectivity index (χ1v) is 25.8. The molecule has 0 spiro atoms. The Labute approximate surface area is 457 Å². The van der Waals surface area contributed by atoms with Crippen LogP contribution in [0.25, 0.3) is 50.2 Å². The third-order valence-corrected chi connectivity index (χ3v) is 14.1. The molecule has 0 saturated carbocycles. The third kappa shape index (κ3) is 11.6. The van der Waals surface area contributed by atoms with E-state index in [1.807, 2.05) is 19.1 Å². The van der Waals surface area contributed by atoms with Gasteiger partial charge in [-0.05, 0) is 145 Å². The number of hydrogen-bond acceptors (Lipinski definition) is 10. The van der Waals surface area contributed by atoms with Gasteiger partial charge in [0.1, 0.15) is 0 Å². The molecule has 0 atom stereocenters. The molecule has 0 bridgehead atoms. The Balaban J connectivity index is 0.000000157. The second kappa shape index (κ2) is 24.3. The number of nitrogens with zero attached hydrogens (tertiary/aromatic N) is 10. The van der Waals surface area contributed by atoms with E-state index in [1.165, 1.54) is 31.5 Å². The topological polar surface area (TPSA) is 179 Å². The van der Waals surface area contributed by atoms with E-state index in [0.717, 1.165) is 44.5 Å². The molecule has 0 amide bonds. The highest BCUT2D eigenvalue weighted by Crippen LogP contribution is 2.35. The Morgan fingerprint density at radius 3 is 1.14 bits per heavy atom. The Morgan fingerprint density at radius 1 is 0.519 bits per heavy atom. The number of alkyl halides is 7. The molecule has 0 N–H and O–H groups in total. The van der Waals surface area contributed by atoms with Crippen molar-refractivity contribution in [3.05, 3.63) is 177 Å². The lowest BCUT2D eigenvalue weighted by atomic mass is 10.1. The zero-order valence-electron chi connectivity index (χ0n) is 42.9. The number of benzene rings is 3. The highest BCUT2D eigenvalue weighted by molar-refractivity contribution is 9.09. The number of likely N-dealkylation sites (tertiary alicyclic amines) is 1. The van der Waals surface area contributed by atoms with E-state index in [0.29, 0.717) is 107 Å². The first-order chi connectivity index (χ1) is 37.9. The minimum atomic E-state index is -2.66. The minimum Gasteiger partial charge on any atom is -0.312 e. The summed E-state index contributed by atoms with van der Waals surface area (Å²) >= 11 is 3.15. The van der Waals surface area contributed by atoms with E-state index in [2.05, 4.69) is 41.9 Å². The van der Waals surface area contributed by atoms with Gasteiger partial charge in [-0.3, -0.25) is 34.2 Å². The molecule has 6 aromatic heterocycles. The van der Waals surface area contributed by atoms with Gasteiger partial charge >= 0.3 is 0 Å². The van der Waals surface area contributed by atoms with Gasteiger partial charge in [-0.15, -0.1) is 0 Å². The smallest absolute Gasteiger partial charge is 0.265 e. The molecule has 20 heteroatoms. The highest BCUT2D eigenvalue weighted by Gasteiger charge is 2.27. The van der Waals surface area contributed by atoms with Crippen molar-refractivity contribution in [1.82, 2.24) is 33.6 Å². The van der Waals surface area contributed by atoms with Gasteiger partial charge < -0.3 is 13.7 Å². The van der Waals surface area contributed by atoms with Gasteiger partial charge in [0.2, 0.25) is 0 Å². The number of carbonyl (C=O) groups excluding carboxylic acids is 3. The molecule has 0 radical (unpaired) electrons. The molecule has 0 unspecified atom stereocenters. The van der Waals surface area contributed by atoms with E-state index < -0.39 is 19.3 Å². The Morgan fingerprint density at radius 2 is 0.835 bits per heavy atom. The lowest BCUT2D eigenvalue weighted by Gasteiger charge is -2.25. The van der Waals surface area contributed by atoms with Crippen LogP contribution in [0.3, 0.4) is 0 Å². The Bertz CT molecular complexity index is 3920. The number of carbonyl (C=O) groups is 3. The molecular formula is C59H47BrF6N10O3. The van der Waals surface area contributed by atoms with Gasteiger partial charge in [0.25, 0.3) is 19.3 Å². The molecule has 79 heavy (non-hydrogen) atoms. The summed E-state index contributed by atoms with van der Waals surface area (Å²) in [4.78, 5) is 52.2. The number of pyridine rings is 3. The number of hydrogen-bond donors (Lipinski definition) is 0. The average Bonchev–Trinajstić information content (AvgIpc) is 4.13. The molecule has 3 aromatic carbocycles. The van der Waals surface area contributed by atoms with Crippen LogP contribution in [-0.2, 0) is 0 Å². The molecule has 0 aliphatic carbocycles. The zero-order chi connectivity index (χ0) is 56.8. The molecule has 9 aromatic rings. The monoisotopic (exact) mass is 1140 g/mol. The molecule has 1 saturated heterocycles. The molecule has 1 fully saturated rings. The summed E-state index contributed by atoms with van der Waals surface area (Å²) < 4.78 is 84.2. The van der Waals surface area contributed by atoms with Crippen LogP contribution < -0.4 is 0 Å². The molecule has 7 heterocycles. The van der Waals surface area contributed by atoms with Crippen molar-refractivity contribution in [3.8, 4) is 35.3 Å². The second-order valence-electron chi connectivity index (χ2n) is 18.5. The summed E-state index contributed by atoms with van der Waals surface area (Å²) in [7, 11) is 0. The van der Waals surface area contributed by atoms with E-state index >= 15 is 0 Å². The molecule has 1 aliphatic heterocycles. The van der Waals surface area contributed by atoms with E-state index in [9.17, 15) is 40.7 Å². The minimum absolute atomic E-state index is 0.0518. The van der Waals surface area contributed by atoms with Gasteiger partial charge in [0.15, 0.2) is 17.3 Å². The summed E-state index contributed by atoms with van der Waals surface area (Å²) in [6.07, 6.45) is -1.27. The number of Topliss-reactive ketones (excluding diaryl/α,β-unsaturated/α-hetero) is 3. The standard InChI is InChI=1S/C23H22F2N4O.C18H12BrF2N3O.C18H13F2N3O/c1-15-21(20(30)14-28-9-3-2-4-10-28)22-19(11-17(13-27-22)23(24)25)29(15)18-7-5-16(12-26)6-8-18;1-10-16(15(25)7-19)17-14(6-12(9-23-17)18(20)21)24(10)13-4-2-11(8-22)3-5-13;1-10-16(11(2)24)17-15(7-13(9-22-17)18(19)20)23(10)14-5-3-12(8-21)4-6-14/h5-8,11,13,23H,2-4,9-10,14H2,1H3;2-6,9,18H,7H2,1H3;3-7,9,18H,1-2H3. The zero-order valence-corrected chi connectivity index (χ0v) is 44.5. The first kappa shape index (κ1) is 56.4. The maximum atomic E-state index is 13.3. The van der Waals surface area contributed by atoms with Crippen LogP contribution in [0.2, 0.25) is 0 Å². The van der Waals surface area contributed by atoms with Crippen molar-refractivity contribution in [2.75, 3.05) is 25.0 Å². The van der Waals surface area contributed by atoms with E-state index in [1.54, 1.807) is 100 Å². The maximum absolute atomic E-state index is 13.3. The number of piperidine rings is 1. The largest absolute Gasteiger partial charge is 0.312 e. The number of ketones is 3. The van der Waals surface area contributed by atoms with Crippen molar-refractivity contribution in [1.29, 1.82) is 15.8 Å². The number of rotatable bonds is 12. The van der Waals surface area contributed by atoms with Gasteiger partial charge in [-0.2, -0.15) is 15.8 Å². The summed E-state index contributed by atoms with van der Waals surface area (Å²) in [6.45, 7) is 8.81. The predicted octanol–water partition coefficient (Wildman–Crippen LogP) is 13.9. The normalized spacial score (nSPS) is 12.5. The summed E-state index contributed by atoms with van der Waals surface area (Å²) in [6, 6.07) is 30.5. The van der Waals surface area contributed by atoms with E-state index in [-0.39, 0.29) is 39.4 Å². The first-order valence-electron chi connectivity index (χ1n) is 24.7. The predicted molar refractivity (Wildman–Crippen MR) is 289 cm³/mol. The van der Waals surface area contributed by atoms with Crippen LogP contribution >= 0.6 is 15.9 Å². The van der Waals surface area contributed by atoms with Crippen LogP contribution in [0.1, 0.15) is 127 Å². The lowest BCUT2D eigenvalue weighted by Crippen LogP contribution is -2.34. The van der Waals surface area contributed by atoms with Crippen LogP contribution in [-0.4, -0.2) is 75.9 Å². The van der Waals surface area contributed by atoms with Gasteiger partial charge in [0.05, 0.1) is 96.6 Å². The number of halogens is 7. The summed E-state index contributed by atoms with van der Waals surface area (Å²) in [5.74, 6) is -0.404. The summed E-state index contributed by atoms with van der Waals surface area (Å²) in [5, 5.41) is 27.0. The number of aromatic nitrogens is 6. The quantitative estimate of drug-likeness (QED) is 0.0649. The molecule has 13 nitrogen and oxygen atoms in total. The van der Waals surface area contributed by atoms with Crippen molar-refractivity contribution in [2.45, 2.75) is 66.2 Å². The number of nitriles is 3. The van der Waals surface area contributed by atoms with Crippen LogP contribution in [0.4, 0.5) is 26.3 Å². The second-order valence-corrected chi connectivity index (χ2v) is 19.1. The fourth-order valence-corrected chi connectivity index (χ4v) is 10.1. The Kier molecular flexibility index (Phi) is 17.3.